The van der Waals surface area contributed by atoms with Crippen molar-refractivity contribution >= 4 is 23.2 Å². The minimum Gasteiger partial charge on any atom is -0.497 e. The number of hydrogen-bond donors (Lipinski definition) is 1. The van der Waals surface area contributed by atoms with Crippen molar-refractivity contribution in [3.63, 3.8) is 0 Å². The van der Waals surface area contributed by atoms with Crippen LogP contribution in [0.5, 0.6) is 11.5 Å². The summed E-state index contributed by atoms with van der Waals surface area (Å²) < 4.78 is 10.4. The zero-order valence-electron chi connectivity index (χ0n) is 15.2. The van der Waals surface area contributed by atoms with Crippen LogP contribution in [0.25, 0.3) is 0 Å². The van der Waals surface area contributed by atoms with Crippen LogP contribution in [-0.2, 0) is 4.79 Å². The number of nitrogens with zero attached hydrogens (tertiary/aromatic N) is 1. The first-order valence-electron chi connectivity index (χ1n) is 8.48. The number of methoxy groups -OCH3 is 2. The maximum atomic E-state index is 12.6. The van der Waals surface area contributed by atoms with Gasteiger partial charge in [-0.2, -0.15) is 0 Å². The summed E-state index contributed by atoms with van der Waals surface area (Å²) >= 11 is 0. The van der Waals surface area contributed by atoms with Gasteiger partial charge in [0.2, 0.25) is 5.91 Å². The van der Waals surface area contributed by atoms with E-state index in [2.05, 4.69) is 5.32 Å². The highest BCUT2D eigenvalue weighted by Crippen LogP contribution is 2.29. The molecule has 26 heavy (non-hydrogen) atoms. The monoisotopic (exact) mass is 354 g/mol. The fourth-order valence-electron chi connectivity index (χ4n) is 3.12. The quantitative estimate of drug-likeness (QED) is 0.894. The lowest BCUT2D eigenvalue weighted by Crippen LogP contribution is -2.24. The SMILES string of the molecule is COc1ccc(C(=O)Nc2ccc(N3CCCC3=O)c(C)c2)c(OC)c1. The predicted molar refractivity (Wildman–Crippen MR) is 100 cm³/mol. The largest absolute Gasteiger partial charge is 0.497 e. The van der Waals surface area contributed by atoms with Gasteiger partial charge in [0, 0.05) is 30.4 Å². The van der Waals surface area contributed by atoms with Crippen LogP contribution in [0, 0.1) is 6.92 Å². The van der Waals surface area contributed by atoms with Gasteiger partial charge in [-0.25, -0.2) is 0 Å². The maximum absolute atomic E-state index is 12.6. The molecule has 0 bridgehead atoms. The molecule has 0 spiro atoms. The van der Waals surface area contributed by atoms with Crippen LogP contribution >= 0.6 is 0 Å². The Morgan fingerprint density at radius 2 is 1.92 bits per heavy atom. The molecule has 0 aromatic heterocycles. The Balaban J connectivity index is 1.80. The van der Waals surface area contributed by atoms with Crippen LogP contribution in [-0.4, -0.2) is 32.6 Å². The average Bonchev–Trinajstić information content (AvgIpc) is 3.07. The molecule has 2 amide bonds. The molecule has 0 atom stereocenters. The van der Waals surface area contributed by atoms with Crippen LogP contribution in [0.2, 0.25) is 0 Å². The van der Waals surface area contributed by atoms with E-state index in [0.717, 1.165) is 24.2 Å². The summed E-state index contributed by atoms with van der Waals surface area (Å²) in [5.41, 5.74) is 2.93. The molecule has 2 aromatic rings. The molecule has 1 N–H and O–H groups in total. The molecule has 1 heterocycles. The molecule has 136 valence electrons. The molecule has 6 heteroatoms. The zero-order chi connectivity index (χ0) is 18.7. The van der Waals surface area contributed by atoms with Crippen molar-refractivity contribution in [2.75, 3.05) is 31.0 Å². The first-order valence-corrected chi connectivity index (χ1v) is 8.48. The Bertz CT molecular complexity index is 848. The van der Waals surface area contributed by atoms with Crippen molar-refractivity contribution in [3.8, 4) is 11.5 Å². The molecule has 1 saturated heterocycles. The van der Waals surface area contributed by atoms with E-state index in [1.54, 1.807) is 30.2 Å². The second-order valence-electron chi connectivity index (χ2n) is 6.17. The van der Waals surface area contributed by atoms with Crippen molar-refractivity contribution in [3.05, 3.63) is 47.5 Å². The summed E-state index contributed by atoms with van der Waals surface area (Å²) in [5.74, 6) is 0.938. The van der Waals surface area contributed by atoms with E-state index in [0.29, 0.717) is 29.2 Å². The lowest BCUT2D eigenvalue weighted by molar-refractivity contribution is -0.117. The predicted octanol–water partition coefficient (Wildman–Crippen LogP) is 3.39. The van der Waals surface area contributed by atoms with Gasteiger partial charge in [0.1, 0.15) is 11.5 Å². The van der Waals surface area contributed by atoms with E-state index in [-0.39, 0.29) is 11.8 Å². The van der Waals surface area contributed by atoms with Crippen LogP contribution in [0.4, 0.5) is 11.4 Å². The highest BCUT2D eigenvalue weighted by atomic mass is 16.5. The topological polar surface area (TPSA) is 67.9 Å². The Labute approximate surface area is 152 Å². The van der Waals surface area contributed by atoms with Gasteiger partial charge in [-0.1, -0.05) is 0 Å². The van der Waals surface area contributed by atoms with E-state index in [1.165, 1.54) is 7.11 Å². The number of hydrogen-bond acceptors (Lipinski definition) is 4. The number of ether oxygens (including phenoxy) is 2. The Hall–Kier alpha value is -3.02. The molecule has 0 saturated carbocycles. The normalized spacial score (nSPS) is 13.7. The zero-order valence-corrected chi connectivity index (χ0v) is 15.2. The van der Waals surface area contributed by atoms with Crippen molar-refractivity contribution in [2.24, 2.45) is 0 Å². The number of nitrogens with one attached hydrogen (secondary N) is 1. The van der Waals surface area contributed by atoms with Gasteiger partial charge in [0.05, 0.1) is 19.8 Å². The molecular formula is C20H22N2O4. The molecule has 0 aliphatic carbocycles. The van der Waals surface area contributed by atoms with Crippen LogP contribution < -0.4 is 19.7 Å². The molecule has 0 radical (unpaired) electrons. The highest BCUT2D eigenvalue weighted by Gasteiger charge is 2.23. The number of amides is 2. The first kappa shape index (κ1) is 17.8. The molecule has 6 nitrogen and oxygen atoms in total. The molecule has 0 unspecified atom stereocenters. The Morgan fingerprint density at radius 1 is 1.12 bits per heavy atom. The summed E-state index contributed by atoms with van der Waals surface area (Å²) in [7, 11) is 3.07. The number of carbonyl (C=O) groups is 2. The van der Waals surface area contributed by atoms with Gasteiger partial charge in [0.15, 0.2) is 0 Å². The molecule has 2 aromatic carbocycles. The van der Waals surface area contributed by atoms with Crippen molar-refractivity contribution < 1.29 is 19.1 Å². The number of carbonyl (C=O) groups excluding carboxylic acids is 2. The van der Waals surface area contributed by atoms with Gasteiger partial charge in [-0.15, -0.1) is 0 Å². The second kappa shape index (κ2) is 7.47. The molecule has 1 fully saturated rings. The maximum Gasteiger partial charge on any atom is 0.259 e. The second-order valence-corrected chi connectivity index (χ2v) is 6.17. The smallest absolute Gasteiger partial charge is 0.259 e. The van der Waals surface area contributed by atoms with Crippen LogP contribution in [0.15, 0.2) is 36.4 Å². The molecular weight excluding hydrogens is 332 g/mol. The third-order valence-electron chi connectivity index (χ3n) is 4.47. The molecule has 3 rings (SSSR count). The summed E-state index contributed by atoms with van der Waals surface area (Å²) in [6, 6.07) is 10.6. The lowest BCUT2D eigenvalue weighted by atomic mass is 10.1. The fourth-order valence-corrected chi connectivity index (χ4v) is 3.12. The van der Waals surface area contributed by atoms with E-state index >= 15 is 0 Å². The first-order chi connectivity index (χ1) is 12.5. The fraction of sp³-hybridized carbons (Fsp3) is 0.300. The lowest BCUT2D eigenvalue weighted by Gasteiger charge is -2.19. The van der Waals surface area contributed by atoms with E-state index in [9.17, 15) is 9.59 Å². The Morgan fingerprint density at radius 3 is 2.54 bits per heavy atom. The van der Waals surface area contributed by atoms with E-state index in [4.69, 9.17) is 9.47 Å². The van der Waals surface area contributed by atoms with Gasteiger partial charge in [0.25, 0.3) is 5.91 Å². The Kier molecular flexibility index (Phi) is 5.11. The third kappa shape index (κ3) is 3.49. The van der Waals surface area contributed by atoms with Crippen molar-refractivity contribution in [1.82, 2.24) is 0 Å². The number of anilines is 2. The van der Waals surface area contributed by atoms with Gasteiger partial charge < -0.3 is 19.7 Å². The van der Waals surface area contributed by atoms with Crippen LogP contribution in [0.3, 0.4) is 0 Å². The number of aryl methyl sites for hydroxylation is 1. The van der Waals surface area contributed by atoms with Crippen LogP contribution in [0.1, 0.15) is 28.8 Å². The third-order valence-corrected chi connectivity index (χ3v) is 4.47. The average molecular weight is 354 g/mol. The summed E-state index contributed by atoms with van der Waals surface area (Å²) in [4.78, 5) is 26.3. The van der Waals surface area contributed by atoms with Crippen molar-refractivity contribution in [2.45, 2.75) is 19.8 Å². The highest BCUT2D eigenvalue weighted by molar-refractivity contribution is 6.06. The van der Waals surface area contributed by atoms with Crippen molar-refractivity contribution in [1.29, 1.82) is 0 Å². The van der Waals surface area contributed by atoms with E-state index in [1.807, 2.05) is 25.1 Å². The minimum atomic E-state index is -0.270. The van der Waals surface area contributed by atoms with E-state index < -0.39 is 0 Å². The van der Waals surface area contributed by atoms with Gasteiger partial charge >= 0.3 is 0 Å². The number of rotatable bonds is 5. The van der Waals surface area contributed by atoms with Gasteiger partial charge in [-0.05, 0) is 49.2 Å². The number of benzene rings is 2. The summed E-state index contributed by atoms with van der Waals surface area (Å²) in [6.07, 6.45) is 1.48. The molecule has 1 aliphatic rings. The standard InChI is InChI=1S/C20H22N2O4/c1-13-11-14(6-9-17(13)22-10-4-5-19(22)23)21-20(24)16-8-7-15(25-2)12-18(16)26-3/h6-9,11-12H,4-5,10H2,1-3H3,(H,21,24). The summed E-state index contributed by atoms with van der Waals surface area (Å²) in [5, 5.41) is 2.88. The molecule has 1 aliphatic heterocycles. The summed E-state index contributed by atoms with van der Waals surface area (Å²) in [6.45, 7) is 2.68. The van der Waals surface area contributed by atoms with Gasteiger partial charge in [-0.3, -0.25) is 9.59 Å². The minimum absolute atomic E-state index is 0.146.